The third-order valence-corrected chi connectivity index (χ3v) is 2.51. The van der Waals surface area contributed by atoms with Gasteiger partial charge in [-0.15, -0.1) is 13.2 Å². The second-order valence-corrected chi connectivity index (χ2v) is 3.50. The van der Waals surface area contributed by atoms with Crippen LogP contribution in [0.2, 0.25) is 0 Å². The molecule has 0 aromatic rings. The predicted octanol–water partition coefficient (Wildman–Crippen LogP) is 0.639. The second-order valence-electron chi connectivity index (χ2n) is 2.16. The highest BCUT2D eigenvalue weighted by atomic mass is 127. The summed E-state index contributed by atoms with van der Waals surface area (Å²) in [6.45, 7) is 7.27. The highest BCUT2D eigenvalue weighted by Crippen LogP contribution is 2.07. The molecule has 0 spiro atoms. The van der Waals surface area contributed by atoms with Crippen molar-refractivity contribution >= 4 is 28.5 Å². The number of aliphatic hydroxyl groups excluding tert-OH is 1. The van der Waals surface area contributed by atoms with Crippen LogP contribution in [-0.4, -0.2) is 27.6 Å². The number of rotatable bonds is 5. The van der Waals surface area contributed by atoms with Gasteiger partial charge in [-0.2, -0.15) is 0 Å². The lowest BCUT2D eigenvalue weighted by Crippen LogP contribution is -2.37. The molecular formula is C8H12INO2. The van der Waals surface area contributed by atoms with Gasteiger partial charge >= 0.3 is 0 Å². The van der Waals surface area contributed by atoms with E-state index in [0.717, 1.165) is 0 Å². The smallest absolute Gasteiger partial charge is 0.236 e. The molecule has 3 nitrogen and oxygen atoms in total. The number of nitrogens with one attached hydrogen (secondary N) is 1. The van der Waals surface area contributed by atoms with Crippen molar-refractivity contribution in [1.82, 2.24) is 5.32 Å². The summed E-state index contributed by atoms with van der Waals surface area (Å²) in [5, 5.41) is 11.8. The minimum atomic E-state index is -0.796. The summed E-state index contributed by atoms with van der Waals surface area (Å²) in [5.41, 5.74) is 0. The van der Waals surface area contributed by atoms with Gasteiger partial charge in [-0.05, 0) is 0 Å². The van der Waals surface area contributed by atoms with E-state index in [1.807, 2.05) is 22.6 Å². The molecule has 1 amide bonds. The predicted molar refractivity (Wildman–Crippen MR) is 57.2 cm³/mol. The van der Waals surface area contributed by atoms with Crippen LogP contribution >= 0.6 is 22.6 Å². The first-order valence-corrected chi connectivity index (χ1v) is 4.71. The van der Waals surface area contributed by atoms with Crippen molar-refractivity contribution in [3.63, 3.8) is 0 Å². The molecule has 0 rings (SSSR count). The van der Waals surface area contributed by atoms with Crippen molar-refractivity contribution < 1.29 is 9.90 Å². The SMILES string of the molecule is C=CCNC(=O)C(I)C(O)C=C. The average molecular weight is 281 g/mol. The van der Waals surface area contributed by atoms with E-state index in [1.165, 1.54) is 6.08 Å². The van der Waals surface area contributed by atoms with Gasteiger partial charge < -0.3 is 10.4 Å². The van der Waals surface area contributed by atoms with Gasteiger partial charge in [0.1, 0.15) is 3.92 Å². The van der Waals surface area contributed by atoms with Crippen LogP contribution < -0.4 is 5.32 Å². The Kier molecular flexibility index (Phi) is 6.00. The molecule has 0 aliphatic carbocycles. The molecule has 0 saturated carbocycles. The second kappa shape index (κ2) is 6.19. The molecule has 0 saturated heterocycles. The van der Waals surface area contributed by atoms with Crippen molar-refractivity contribution in [2.45, 2.75) is 10.0 Å². The zero-order chi connectivity index (χ0) is 9.56. The lowest BCUT2D eigenvalue weighted by molar-refractivity contribution is -0.121. The minimum absolute atomic E-state index is 0.206. The lowest BCUT2D eigenvalue weighted by Gasteiger charge is -2.12. The fourth-order valence-electron chi connectivity index (χ4n) is 0.545. The highest BCUT2D eigenvalue weighted by Gasteiger charge is 2.20. The van der Waals surface area contributed by atoms with E-state index in [2.05, 4.69) is 18.5 Å². The van der Waals surface area contributed by atoms with Crippen molar-refractivity contribution in [3.8, 4) is 0 Å². The summed E-state index contributed by atoms with van der Waals surface area (Å²) >= 11 is 1.87. The topological polar surface area (TPSA) is 49.3 Å². The number of hydrogen-bond acceptors (Lipinski definition) is 2. The summed E-state index contributed by atoms with van der Waals surface area (Å²) in [6, 6.07) is 0. The van der Waals surface area contributed by atoms with Gasteiger partial charge in [0, 0.05) is 6.54 Å². The van der Waals surface area contributed by atoms with E-state index < -0.39 is 10.0 Å². The van der Waals surface area contributed by atoms with E-state index in [-0.39, 0.29) is 5.91 Å². The van der Waals surface area contributed by atoms with Crippen LogP contribution in [0.15, 0.2) is 25.3 Å². The normalized spacial score (nSPS) is 14.5. The van der Waals surface area contributed by atoms with Crippen LogP contribution in [0.4, 0.5) is 0 Å². The van der Waals surface area contributed by atoms with Crippen molar-refractivity contribution in [2.75, 3.05) is 6.54 Å². The minimum Gasteiger partial charge on any atom is -0.387 e. The van der Waals surface area contributed by atoms with Gasteiger partial charge in [-0.25, -0.2) is 0 Å². The molecule has 0 heterocycles. The molecule has 0 aromatic carbocycles. The number of halogens is 1. The summed E-state index contributed by atoms with van der Waals surface area (Å²) in [4.78, 5) is 11.1. The third-order valence-electron chi connectivity index (χ3n) is 1.21. The fourth-order valence-corrected chi connectivity index (χ4v) is 1.06. The van der Waals surface area contributed by atoms with Crippen LogP contribution in [0.1, 0.15) is 0 Å². The van der Waals surface area contributed by atoms with Crippen LogP contribution in [0.5, 0.6) is 0 Å². The van der Waals surface area contributed by atoms with Gasteiger partial charge in [0.15, 0.2) is 0 Å². The van der Waals surface area contributed by atoms with E-state index >= 15 is 0 Å². The number of aliphatic hydroxyl groups is 1. The Morgan fingerprint density at radius 1 is 1.67 bits per heavy atom. The Bertz CT molecular complexity index is 182. The van der Waals surface area contributed by atoms with Gasteiger partial charge in [0.2, 0.25) is 5.91 Å². The zero-order valence-corrected chi connectivity index (χ0v) is 8.82. The third kappa shape index (κ3) is 3.87. The molecule has 0 fully saturated rings. The number of carbonyl (C=O) groups excluding carboxylic acids is 1. The average Bonchev–Trinajstić information content (AvgIpc) is 2.11. The number of amides is 1. The van der Waals surface area contributed by atoms with Gasteiger partial charge in [-0.1, -0.05) is 34.7 Å². The molecule has 0 aliphatic rings. The molecule has 0 aromatic heterocycles. The van der Waals surface area contributed by atoms with Crippen molar-refractivity contribution in [1.29, 1.82) is 0 Å². The molecule has 2 unspecified atom stereocenters. The van der Waals surface area contributed by atoms with Gasteiger partial charge in [-0.3, -0.25) is 4.79 Å². The van der Waals surface area contributed by atoms with Crippen LogP contribution in [-0.2, 0) is 4.79 Å². The van der Waals surface area contributed by atoms with Crippen molar-refractivity contribution in [2.24, 2.45) is 0 Å². The van der Waals surface area contributed by atoms with Crippen LogP contribution in [0.25, 0.3) is 0 Å². The number of alkyl halides is 1. The van der Waals surface area contributed by atoms with Crippen LogP contribution in [0, 0.1) is 0 Å². The monoisotopic (exact) mass is 281 g/mol. The first-order chi connectivity index (χ1) is 5.63. The van der Waals surface area contributed by atoms with E-state index in [4.69, 9.17) is 0 Å². The number of hydrogen-bond donors (Lipinski definition) is 2. The number of carbonyl (C=O) groups is 1. The molecule has 0 radical (unpaired) electrons. The molecule has 4 heteroatoms. The Morgan fingerprint density at radius 2 is 2.25 bits per heavy atom. The molecule has 2 N–H and O–H groups in total. The summed E-state index contributed by atoms with van der Waals surface area (Å²) in [5.74, 6) is -0.206. The zero-order valence-electron chi connectivity index (χ0n) is 6.66. The summed E-state index contributed by atoms with van der Waals surface area (Å²) < 4.78 is -0.486. The Morgan fingerprint density at radius 3 is 2.67 bits per heavy atom. The Labute approximate surface area is 85.7 Å². The highest BCUT2D eigenvalue weighted by molar-refractivity contribution is 14.1. The lowest BCUT2D eigenvalue weighted by atomic mass is 10.2. The van der Waals surface area contributed by atoms with E-state index in [1.54, 1.807) is 6.08 Å². The molecule has 2 atom stereocenters. The maximum Gasteiger partial charge on any atom is 0.236 e. The van der Waals surface area contributed by atoms with Crippen molar-refractivity contribution in [3.05, 3.63) is 25.3 Å². The van der Waals surface area contributed by atoms with E-state index in [0.29, 0.717) is 6.54 Å². The summed E-state index contributed by atoms with van der Waals surface area (Å²) in [6.07, 6.45) is 2.13. The largest absolute Gasteiger partial charge is 0.387 e. The maximum absolute atomic E-state index is 11.1. The first-order valence-electron chi connectivity index (χ1n) is 3.46. The molecule has 0 aliphatic heterocycles. The Hall–Kier alpha value is -0.360. The fraction of sp³-hybridized carbons (Fsp3) is 0.375. The van der Waals surface area contributed by atoms with E-state index in [9.17, 15) is 9.90 Å². The molecule has 12 heavy (non-hydrogen) atoms. The maximum atomic E-state index is 11.1. The van der Waals surface area contributed by atoms with Gasteiger partial charge in [0.25, 0.3) is 0 Å². The molecule has 68 valence electrons. The molecule has 0 bridgehead atoms. The van der Waals surface area contributed by atoms with Crippen LogP contribution in [0.3, 0.4) is 0 Å². The summed E-state index contributed by atoms with van der Waals surface area (Å²) in [7, 11) is 0. The standard InChI is InChI=1S/C8H12INO2/c1-3-5-10-8(12)7(9)6(11)4-2/h3-4,6-7,11H,1-2,5H2,(H,10,12). The van der Waals surface area contributed by atoms with Gasteiger partial charge in [0.05, 0.1) is 6.10 Å². The first kappa shape index (κ1) is 11.6. The Balaban J connectivity index is 3.91. The quantitative estimate of drug-likeness (QED) is 0.441. The molecular weight excluding hydrogens is 269 g/mol.